The van der Waals surface area contributed by atoms with Crippen molar-refractivity contribution < 1.29 is 9.21 Å². The molecular weight excluding hydrogens is 451 g/mol. The fourth-order valence-electron chi connectivity index (χ4n) is 3.16. The maximum atomic E-state index is 12.3. The van der Waals surface area contributed by atoms with Crippen LogP contribution in [0.5, 0.6) is 0 Å². The van der Waals surface area contributed by atoms with Gasteiger partial charge in [0.1, 0.15) is 11.5 Å². The van der Waals surface area contributed by atoms with Crippen molar-refractivity contribution in [3.63, 3.8) is 0 Å². The topological polar surface area (TPSA) is 55.1 Å². The fraction of sp³-hybridized carbons (Fsp3) is 0.167. The highest BCUT2D eigenvalue weighted by Crippen LogP contribution is 2.29. The second kappa shape index (κ2) is 9.69. The Morgan fingerprint density at radius 1 is 1.13 bits per heavy atom. The number of benzene rings is 2. The van der Waals surface area contributed by atoms with Crippen molar-refractivity contribution in [3.05, 3.63) is 76.0 Å². The quantitative estimate of drug-likeness (QED) is 0.279. The lowest BCUT2D eigenvalue weighted by atomic mass is 10.1. The predicted octanol–water partition coefficient (Wildman–Crippen LogP) is 7.86. The van der Waals surface area contributed by atoms with E-state index in [0.717, 1.165) is 28.6 Å². The highest BCUT2D eigenvalue weighted by Gasteiger charge is 2.08. The molecule has 4 nitrogen and oxygen atoms in total. The van der Waals surface area contributed by atoms with Crippen LogP contribution in [0, 0.1) is 0 Å². The summed E-state index contributed by atoms with van der Waals surface area (Å²) in [6, 6.07) is 15.1. The molecule has 0 radical (unpaired) electrons. The molecule has 0 atom stereocenters. The lowest BCUT2D eigenvalue weighted by Crippen LogP contribution is -2.07. The molecule has 31 heavy (non-hydrogen) atoms. The highest BCUT2D eigenvalue weighted by molar-refractivity contribution is 7.22. The third kappa shape index (κ3) is 5.56. The third-order valence-electron chi connectivity index (χ3n) is 4.67. The summed E-state index contributed by atoms with van der Waals surface area (Å²) >= 11 is 13.6. The number of halogens is 2. The summed E-state index contributed by atoms with van der Waals surface area (Å²) < 4.78 is 6.85. The van der Waals surface area contributed by atoms with Gasteiger partial charge in [0.15, 0.2) is 5.13 Å². The van der Waals surface area contributed by atoms with Crippen LogP contribution in [0.4, 0.5) is 5.13 Å². The summed E-state index contributed by atoms with van der Waals surface area (Å²) in [6.07, 6.45) is 6.42. The minimum Gasteiger partial charge on any atom is -0.457 e. The maximum Gasteiger partial charge on any atom is 0.250 e. The van der Waals surface area contributed by atoms with E-state index in [1.54, 1.807) is 30.3 Å². The first kappa shape index (κ1) is 21.6. The van der Waals surface area contributed by atoms with Gasteiger partial charge in [-0.2, -0.15) is 0 Å². The largest absolute Gasteiger partial charge is 0.457 e. The molecular formula is C24H20Cl2N2O2S. The summed E-state index contributed by atoms with van der Waals surface area (Å²) in [5, 5.41) is 4.46. The van der Waals surface area contributed by atoms with E-state index in [4.69, 9.17) is 27.6 Å². The van der Waals surface area contributed by atoms with Crippen molar-refractivity contribution in [1.29, 1.82) is 0 Å². The van der Waals surface area contributed by atoms with Crippen molar-refractivity contribution in [2.24, 2.45) is 0 Å². The molecule has 0 aliphatic heterocycles. The van der Waals surface area contributed by atoms with Crippen molar-refractivity contribution in [2.45, 2.75) is 26.2 Å². The van der Waals surface area contributed by atoms with Crippen molar-refractivity contribution in [1.82, 2.24) is 4.98 Å². The molecule has 7 heteroatoms. The van der Waals surface area contributed by atoms with Gasteiger partial charge in [-0.3, -0.25) is 10.1 Å². The zero-order chi connectivity index (χ0) is 21.8. The monoisotopic (exact) mass is 470 g/mol. The Hall–Kier alpha value is -2.60. The number of furan rings is 1. The number of rotatable bonds is 7. The Labute approximate surface area is 194 Å². The normalized spacial score (nSPS) is 11.5. The number of fused-ring (bicyclic) bond motifs is 1. The Kier molecular flexibility index (Phi) is 6.76. The molecule has 0 saturated carbocycles. The molecule has 1 amide bonds. The van der Waals surface area contributed by atoms with Crippen molar-refractivity contribution in [3.8, 4) is 11.3 Å². The van der Waals surface area contributed by atoms with Crippen LogP contribution < -0.4 is 5.32 Å². The molecule has 2 aromatic heterocycles. The van der Waals surface area contributed by atoms with Gasteiger partial charge in [-0.05, 0) is 66.9 Å². The second-order valence-corrected chi connectivity index (χ2v) is 9.01. The SMILES string of the molecule is CCCCc1ccc2nc(NC(=O)/C=C/c3ccc(-c4cc(Cl)cc(Cl)c4)o3)sc2c1. The molecule has 2 heterocycles. The minimum atomic E-state index is -0.269. The van der Waals surface area contributed by atoms with Gasteiger partial charge in [-0.15, -0.1) is 0 Å². The highest BCUT2D eigenvalue weighted by atomic mass is 35.5. The lowest BCUT2D eigenvalue weighted by molar-refractivity contribution is -0.111. The number of carbonyl (C=O) groups is 1. The van der Waals surface area contributed by atoms with Gasteiger partial charge in [0, 0.05) is 21.7 Å². The van der Waals surface area contributed by atoms with E-state index in [1.807, 2.05) is 12.1 Å². The zero-order valence-electron chi connectivity index (χ0n) is 16.8. The Morgan fingerprint density at radius 2 is 1.94 bits per heavy atom. The molecule has 0 saturated heterocycles. The number of aryl methyl sites for hydroxylation is 1. The first-order valence-corrected chi connectivity index (χ1v) is 11.5. The van der Waals surface area contributed by atoms with Crippen LogP contribution in [0.15, 0.2) is 59.0 Å². The molecule has 0 unspecified atom stereocenters. The summed E-state index contributed by atoms with van der Waals surface area (Å²) in [5.74, 6) is 0.898. The smallest absolute Gasteiger partial charge is 0.250 e. The van der Waals surface area contributed by atoms with Crippen molar-refractivity contribution >= 4 is 61.9 Å². The molecule has 4 aromatic rings. The van der Waals surface area contributed by atoms with Gasteiger partial charge in [-0.25, -0.2) is 4.98 Å². The number of amides is 1. The van der Waals surface area contributed by atoms with Crippen LogP contribution in [0.25, 0.3) is 27.6 Å². The molecule has 0 aliphatic carbocycles. The third-order valence-corrected chi connectivity index (χ3v) is 6.04. The summed E-state index contributed by atoms with van der Waals surface area (Å²) in [4.78, 5) is 16.8. The first-order chi connectivity index (χ1) is 15.0. The number of hydrogen-bond acceptors (Lipinski definition) is 4. The van der Waals surface area contributed by atoms with E-state index in [2.05, 4.69) is 29.4 Å². The van der Waals surface area contributed by atoms with E-state index in [1.165, 1.54) is 29.4 Å². The summed E-state index contributed by atoms with van der Waals surface area (Å²) in [5.41, 5.74) is 2.96. The van der Waals surface area contributed by atoms with Crippen molar-refractivity contribution in [2.75, 3.05) is 5.32 Å². The summed E-state index contributed by atoms with van der Waals surface area (Å²) in [6.45, 7) is 2.18. The minimum absolute atomic E-state index is 0.269. The number of nitrogens with zero attached hydrogens (tertiary/aromatic N) is 1. The Morgan fingerprint density at radius 3 is 2.71 bits per heavy atom. The molecule has 2 aromatic carbocycles. The van der Waals surface area contributed by atoms with Crippen LogP contribution in [0.2, 0.25) is 10.0 Å². The second-order valence-electron chi connectivity index (χ2n) is 7.11. The number of carbonyl (C=O) groups excluding carboxylic acids is 1. The molecule has 0 bridgehead atoms. The van der Waals surface area contributed by atoms with Crippen LogP contribution in [-0.4, -0.2) is 10.9 Å². The number of anilines is 1. The van der Waals surface area contributed by atoms with Crippen LogP contribution in [0.1, 0.15) is 31.1 Å². The lowest BCUT2D eigenvalue weighted by Gasteiger charge is -1.99. The number of unbranched alkanes of at least 4 members (excludes halogenated alkanes) is 1. The van der Waals surface area contributed by atoms with Crippen LogP contribution in [0.3, 0.4) is 0 Å². The predicted molar refractivity (Wildman–Crippen MR) is 130 cm³/mol. The molecule has 0 aliphatic rings. The molecule has 1 N–H and O–H groups in total. The van der Waals surface area contributed by atoms with Gasteiger partial charge >= 0.3 is 0 Å². The fourth-order valence-corrected chi connectivity index (χ4v) is 4.62. The average Bonchev–Trinajstić information content (AvgIpc) is 3.36. The summed E-state index contributed by atoms with van der Waals surface area (Å²) in [7, 11) is 0. The number of thiazole rings is 1. The molecule has 0 fully saturated rings. The number of hydrogen-bond donors (Lipinski definition) is 1. The van der Waals surface area contributed by atoms with Crippen LogP contribution >= 0.6 is 34.5 Å². The standard InChI is InChI=1S/C24H20Cl2N2O2S/c1-2-3-4-15-5-8-20-22(11-15)31-24(27-20)28-23(29)10-7-19-6-9-21(30-19)16-12-17(25)14-18(26)13-16/h5-14H,2-4H2,1H3,(H,27,28,29)/b10-7+. The Balaban J connectivity index is 1.42. The van der Waals surface area contributed by atoms with E-state index in [9.17, 15) is 4.79 Å². The van der Waals surface area contributed by atoms with Gasteiger partial charge in [-0.1, -0.05) is 53.9 Å². The Bertz CT molecular complexity index is 1240. The van der Waals surface area contributed by atoms with Crippen LogP contribution in [-0.2, 0) is 11.2 Å². The first-order valence-electron chi connectivity index (χ1n) is 9.95. The zero-order valence-corrected chi connectivity index (χ0v) is 19.2. The number of aromatic nitrogens is 1. The molecule has 4 rings (SSSR count). The van der Waals surface area contributed by atoms with Gasteiger partial charge in [0.05, 0.1) is 10.2 Å². The average molecular weight is 471 g/mol. The number of nitrogens with one attached hydrogen (secondary N) is 1. The van der Waals surface area contributed by atoms with Gasteiger partial charge in [0.25, 0.3) is 0 Å². The van der Waals surface area contributed by atoms with Gasteiger partial charge < -0.3 is 4.42 Å². The maximum absolute atomic E-state index is 12.3. The van der Waals surface area contributed by atoms with Gasteiger partial charge in [0.2, 0.25) is 5.91 Å². The molecule has 158 valence electrons. The molecule has 0 spiro atoms. The van der Waals surface area contributed by atoms with E-state index in [0.29, 0.717) is 26.7 Å². The van der Waals surface area contributed by atoms with E-state index >= 15 is 0 Å². The van der Waals surface area contributed by atoms with E-state index < -0.39 is 0 Å². The van der Waals surface area contributed by atoms with E-state index in [-0.39, 0.29) is 5.91 Å².